The lowest BCUT2D eigenvalue weighted by Crippen LogP contribution is -2.35. The molecule has 2 aliphatic heterocycles. The molecular formula is C20H23N3O5S. The van der Waals surface area contributed by atoms with Gasteiger partial charge in [0.25, 0.3) is 5.91 Å². The summed E-state index contributed by atoms with van der Waals surface area (Å²) in [5.74, 6) is -0.113. The smallest absolute Gasteiger partial charge is 0.305 e. The van der Waals surface area contributed by atoms with Crippen LogP contribution in [0.2, 0.25) is 0 Å². The zero-order chi connectivity index (χ0) is 21.0. The first-order valence-corrected chi connectivity index (χ1v) is 9.81. The lowest BCUT2D eigenvalue weighted by molar-refractivity contribution is -0.136. The Morgan fingerprint density at radius 1 is 1.14 bits per heavy atom. The number of thiocarbonyl (C=S) groups is 1. The largest absolute Gasteiger partial charge is 0.481 e. The van der Waals surface area contributed by atoms with Crippen molar-refractivity contribution in [3.63, 3.8) is 0 Å². The van der Waals surface area contributed by atoms with E-state index in [0.29, 0.717) is 29.0 Å². The van der Waals surface area contributed by atoms with Crippen LogP contribution in [0.1, 0.15) is 19.8 Å². The van der Waals surface area contributed by atoms with Crippen molar-refractivity contribution >= 4 is 34.9 Å². The van der Waals surface area contributed by atoms with Crippen LogP contribution in [0.5, 0.6) is 5.75 Å². The van der Waals surface area contributed by atoms with Gasteiger partial charge in [0.2, 0.25) is 5.88 Å². The predicted molar refractivity (Wildman–Crippen MR) is 111 cm³/mol. The number of ether oxygens (including phenoxy) is 1. The Bertz CT molecular complexity index is 883. The fraction of sp³-hybridized carbons (Fsp3) is 0.350. The van der Waals surface area contributed by atoms with Gasteiger partial charge in [0.15, 0.2) is 10.9 Å². The number of hydrogen-bond donors (Lipinski definition) is 2. The molecule has 0 aliphatic carbocycles. The minimum Gasteiger partial charge on any atom is -0.481 e. The number of β-amino-alcohol motifs (C(OH)–C–C–N with tert-alkyl or cyclic N) is 1. The number of allylic oxidation sites excluding steroid dienone is 2. The van der Waals surface area contributed by atoms with Crippen LogP contribution in [-0.2, 0) is 9.59 Å². The van der Waals surface area contributed by atoms with Gasteiger partial charge in [-0.15, -0.1) is 0 Å². The molecule has 0 aromatic heterocycles. The summed E-state index contributed by atoms with van der Waals surface area (Å²) in [6.45, 7) is 2.76. The Labute approximate surface area is 174 Å². The van der Waals surface area contributed by atoms with Crippen LogP contribution in [0.3, 0.4) is 0 Å². The van der Waals surface area contributed by atoms with Gasteiger partial charge >= 0.3 is 5.97 Å². The molecule has 1 saturated heterocycles. The van der Waals surface area contributed by atoms with Crippen molar-refractivity contribution in [2.75, 3.05) is 31.1 Å². The molecule has 2 N–H and O–H groups in total. The van der Waals surface area contributed by atoms with Crippen molar-refractivity contribution in [2.45, 2.75) is 19.8 Å². The second-order valence-corrected chi connectivity index (χ2v) is 6.90. The highest BCUT2D eigenvalue weighted by molar-refractivity contribution is 7.80. The number of carbonyl (C=O) groups is 2. The Morgan fingerprint density at radius 2 is 1.90 bits per heavy atom. The van der Waals surface area contributed by atoms with E-state index in [0.717, 1.165) is 12.1 Å². The van der Waals surface area contributed by atoms with Gasteiger partial charge in [0.05, 0.1) is 25.3 Å². The maximum atomic E-state index is 12.8. The van der Waals surface area contributed by atoms with Gasteiger partial charge in [0, 0.05) is 19.2 Å². The van der Waals surface area contributed by atoms with Crippen molar-refractivity contribution in [3.05, 3.63) is 48.0 Å². The molecule has 0 atom stereocenters. The molecule has 1 fully saturated rings. The van der Waals surface area contributed by atoms with Crippen molar-refractivity contribution in [1.29, 1.82) is 0 Å². The summed E-state index contributed by atoms with van der Waals surface area (Å²) in [6.07, 6.45) is 4.03. The summed E-state index contributed by atoms with van der Waals surface area (Å²) in [5, 5.41) is 18.7. The number of carboxylic acid groups (broad SMARTS) is 1. The van der Waals surface area contributed by atoms with Crippen molar-refractivity contribution < 1.29 is 24.5 Å². The van der Waals surface area contributed by atoms with E-state index in [1.54, 1.807) is 28.0 Å². The molecule has 3 rings (SSSR count). The number of aliphatic carboxylic acids is 1. The Balaban J connectivity index is 1.92. The average molecular weight is 417 g/mol. The van der Waals surface area contributed by atoms with Gasteiger partial charge < -0.3 is 24.7 Å². The minimum atomic E-state index is -0.905. The number of amides is 1. The number of benzene rings is 1. The van der Waals surface area contributed by atoms with E-state index < -0.39 is 5.97 Å². The number of aliphatic hydroxyl groups is 1. The molecule has 0 unspecified atom stereocenters. The molecule has 154 valence electrons. The summed E-state index contributed by atoms with van der Waals surface area (Å²) in [4.78, 5) is 28.7. The fourth-order valence-corrected chi connectivity index (χ4v) is 3.62. The van der Waals surface area contributed by atoms with Crippen LogP contribution in [0, 0.1) is 0 Å². The molecule has 1 amide bonds. The average Bonchev–Trinajstić information content (AvgIpc) is 3.16. The van der Waals surface area contributed by atoms with E-state index in [2.05, 4.69) is 0 Å². The summed E-state index contributed by atoms with van der Waals surface area (Å²) in [5.41, 5.74) is 1.18. The van der Waals surface area contributed by atoms with Gasteiger partial charge in [-0.3, -0.25) is 14.5 Å². The number of nitrogens with zero attached hydrogens (tertiary/aromatic N) is 3. The lowest BCUT2D eigenvalue weighted by atomic mass is 10.2. The van der Waals surface area contributed by atoms with Gasteiger partial charge in [-0.2, -0.15) is 0 Å². The van der Waals surface area contributed by atoms with E-state index in [9.17, 15) is 14.7 Å². The van der Waals surface area contributed by atoms with Crippen LogP contribution < -0.4 is 9.64 Å². The third-order valence-corrected chi connectivity index (χ3v) is 5.00. The van der Waals surface area contributed by atoms with Crippen LogP contribution in [0.4, 0.5) is 5.69 Å². The molecule has 0 saturated carbocycles. The van der Waals surface area contributed by atoms with Crippen molar-refractivity contribution in [3.8, 4) is 5.75 Å². The first-order chi connectivity index (χ1) is 14.0. The molecule has 0 spiro atoms. The molecule has 29 heavy (non-hydrogen) atoms. The quantitative estimate of drug-likeness (QED) is 0.490. The highest BCUT2D eigenvalue weighted by Gasteiger charge is 2.37. The summed E-state index contributed by atoms with van der Waals surface area (Å²) >= 11 is 5.40. The predicted octanol–water partition coefficient (Wildman–Crippen LogP) is 1.92. The van der Waals surface area contributed by atoms with E-state index in [4.69, 9.17) is 22.1 Å². The zero-order valence-electron chi connectivity index (χ0n) is 16.1. The molecule has 1 aromatic rings. The molecule has 8 nitrogen and oxygen atoms in total. The van der Waals surface area contributed by atoms with Gasteiger partial charge in [-0.1, -0.05) is 19.1 Å². The molecule has 2 aliphatic rings. The van der Waals surface area contributed by atoms with Gasteiger partial charge in [0.1, 0.15) is 5.70 Å². The van der Waals surface area contributed by atoms with Crippen LogP contribution in [0.15, 0.2) is 48.0 Å². The third-order valence-electron chi connectivity index (χ3n) is 4.56. The maximum Gasteiger partial charge on any atom is 0.305 e. The van der Waals surface area contributed by atoms with E-state index in [-0.39, 0.29) is 32.0 Å². The molecule has 1 aromatic carbocycles. The number of aliphatic hydroxyl groups excluding tert-OH is 1. The summed E-state index contributed by atoms with van der Waals surface area (Å²) < 4.78 is 5.88. The standard InChI is InChI=1S/C20H23N3O5S/c1-2-10-22-15(19(27)23(12-13-24)20(22)29)7-8-17-21(11-9-18(25)26)14-5-3-4-6-16(14)28-17/h3-8,24H,2,9-13H2,1H3,(H,25,26)/b15-7+,17-8+. The summed E-state index contributed by atoms with van der Waals surface area (Å²) in [6, 6.07) is 7.35. The molecule has 9 heteroatoms. The molecule has 0 bridgehead atoms. The van der Waals surface area contributed by atoms with E-state index >= 15 is 0 Å². The Morgan fingerprint density at radius 3 is 2.59 bits per heavy atom. The van der Waals surface area contributed by atoms with Crippen molar-refractivity contribution in [2.24, 2.45) is 0 Å². The number of fused-ring (bicyclic) bond motifs is 1. The van der Waals surface area contributed by atoms with Gasteiger partial charge in [-0.25, -0.2) is 0 Å². The first kappa shape index (κ1) is 20.8. The fourth-order valence-electron chi connectivity index (χ4n) is 3.25. The van der Waals surface area contributed by atoms with Crippen LogP contribution in [-0.4, -0.2) is 63.2 Å². The SMILES string of the molecule is CCCN1C(=S)N(CCO)C(=O)/C1=C\C=C1\Oc2ccccc2N1CCC(=O)O. The van der Waals surface area contributed by atoms with E-state index in [1.165, 1.54) is 4.90 Å². The second kappa shape index (κ2) is 9.06. The highest BCUT2D eigenvalue weighted by atomic mass is 32.1. The normalized spacial score (nSPS) is 18.8. The number of rotatable bonds is 8. The molecule has 2 heterocycles. The van der Waals surface area contributed by atoms with Crippen LogP contribution in [0.25, 0.3) is 0 Å². The summed E-state index contributed by atoms with van der Waals surface area (Å²) in [7, 11) is 0. The monoisotopic (exact) mass is 417 g/mol. The van der Waals surface area contributed by atoms with E-state index in [1.807, 2.05) is 25.1 Å². The van der Waals surface area contributed by atoms with Gasteiger partial charge in [-0.05, 0) is 36.8 Å². The zero-order valence-corrected chi connectivity index (χ0v) is 16.9. The minimum absolute atomic E-state index is 0.0547. The lowest BCUT2D eigenvalue weighted by Gasteiger charge is -2.19. The Kier molecular flexibility index (Phi) is 6.50. The second-order valence-electron chi connectivity index (χ2n) is 6.54. The number of anilines is 1. The van der Waals surface area contributed by atoms with Crippen molar-refractivity contribution in [1.82, 2.24) is 9.80 Å². The third kappa shape index (κ3) is 4.25. The molecule has 0 radical (unpaired) electrons. The number of carboxylic acids is 1. The first-order valence-electron chi connectivity index (χ1n) is 9.40. The number of para-hydroxylation sites is 2. The van der Waals surface area contributed by atoms with Crippen LogP contribution >= 0.6 is 12.2 Å². The topological polar surface area (TPSA) is 93.6 Å². The number of carbonyl (C=O) groups excluding carboxylic acids is 1. The number of hydrogen-bond acceptors (Lipinski definition) is 6. The maximum absolute atomic E-state index is 12.8. The molecular weight excluding hydrogens is 394 g/mol. The highest BCUT2D eigenvalue weighted by Crippen LogP contribution is 2.38. The Hall–Kier alpha value is -2.91.